The zero-order chi connectivity index (χ0) is 23.7. The summed E-state index contributed by atoms with van der Waals surface area (Å²) in [5.41, 5.74) is 5.90. The van der Waals surface area contributed by atoms with Gasteiger partial charge in [-0.15, -0.1) is 0 Å². The summed E-state index contributed by atoms with van der Waals surface area (Å²) < 4.78 is 2.48. The molecule has 0 spiro atoms. The average Bonchev–Trinajstić information content (AvgIpc) is 3.05. The highest BCUT2D eigenvalue weighted by Crippen LogP contribution is 2.25. The van der Waals surface area contributed by atoms with E-state index in [0.717, 1.165) is 10.2 Å². The maximum Gasteiger partial charge on any atom is 0.270 e. The molecule has 1 aliphatic rings. The Kier molecular flexibility index (Phi) is 6.26. The summed E-state index contributed by atoms with van der Waals surface area (Å²) in [7, 11) is 0. The van der Waals surface area contributed by atoms with Crippen molar-refractivity contribution >= 4 is 62.7 Å². The second-order valence-electron chi connectivity index (χ2n) is 7.40. The lowest BCUT2D eigenvalue weighted by atomic mass is 10.1. The summed E-state index contributed by atoms with van der Waals surface area (Å²) in [5, 5.41) is 2.60. The number of aromatic nitrogens is 1. The molecule has 2 heterocycles. The van der Waals surface area contributed by atoms with E-state index in [1.54, 1.807) is 66.2 Å². The molecular weight excluding hydrogens is 504 g/mol. The largest absolute Gasteiger partial charge is 0.298 e. The van der Waals surface area contributed by atoms with E-state index < -0.39 is 11.8 Å². The van der Waals surface area contributed by atoms with E-state index in [4.69, 9.17) is 12.2 Å². The number of thiocarbonyl (C=S) groups is 1. The minimum Gasteiger partial charge on any atom is -0.298 e. The van der Waals surface area contributed by atoms with E-state index in [-0.39, 0.29) is 16.6 Å². The first-order valence-electron chi connectivity index (χ1n) is 9.98. The third-order valence-corrected chi connectivity index (χ3v) is 6.02. The molecule has 0 atom stereocenters. The van der Waals surface area contributed by atoms with Gasteiger partial charge in [-0.1, -0.05) is 34.1 Å². The Morgan fingerprint density at radius 2 is 1.73 bits per heavy atom. The Morgan fingerprint density at radius 1 is 1.06 bits per heavy atom. The molecule has 1 aliphatic heterocycles. The van der Waals surface area contributed by atoms with Gasteiger partial charge in [0, 0.05) is 21.4 Å². The Hall–Kier alpha value is -3.56. The number of halogens is 1. The van der Waals surface area contributed by atoms with Gasteiger partial charge < -0.3 is 0 Å². The molecule has 0 aliphatic carbocycles. The van der Waals surface area contributed by atoms with E-state index in [1.165, 1.54) is 11.0 Å². The zero-order valence-corrected chi connectivity index (χ0v) is 20.2. The van der Waals surface area contributed by atoms with Gasteiger partial charge in [0.15, 0.2) is 5.11 Å². The van der Waals surface area contributed by atoms with E-state index in [2.05, 4.69) is 26.7 Å². The number of anilines is 1. The van der Waals surface area contributed by atoms with Crippen molar-refractivity contribution in [2.75, 3.05) is 10.3 Å². The molecule has 33 heavy (non-hydrogen) atoms. The quantitative estimate of drug-likeness (QED) is 0.307. The summed E-state index contributed by atoms with van der Waals surface area (Å²) in [4.78, 5) is 39.7. The average molecular weight is 523 g/mol. The van der Waals surface area contributed by atoms with Gasteiger partial charge in [-0.2, -0.15) is 0 Å². The Balaban J connectivity index is 1.66. The van der Waals surface area contributed by atoms with Crippen molar-refractivity contribution in [2.45, 2.75) is 13.8 Å². The molecule has 2 N–H and O–H groups in total. The first kappa shape index (κ1) is 22.6. The third-order valence-electron chi connectivity index (χ3n) is 5.21. The zero-order valence-electron chi connectivity index (χ0n) is 17.8. The fraction of sp³-hybridized carbons (Fsp3) is 0.0833. The number of nitrogens with zero attached hydrogens (tertiary/aromatic N) is 2. The topological polar surface area (TPSA) is 83.4 Å². The van der Waals surface area contributed by atoms with Gasteiger partial charge in [0.2, 0.25) is 0 Å². The van der Waals surface area contributed by atoms with Crippen LogP contribution in [-0.2, 0) is 9.59 Å². The van der Waals surface area contributed by atoms with Crippen LogP contribution in [0.3, 0.4) is 0 Å². The Labute approximate surface area is 204 Å². The molecule has 0 bridgehead atoms. The number of hydrogen-bond acceptors (Lipinski definition) is 4. The van der Waals surface area contributed by atoms with Crippen molar-refractivity contribution < 1.29 is 14.4 Å². The number of hydrogen-bond donors (Lipinski definition) is 2. The van der Waals surface area contributed by atoms with E-state index >= 15 is 0 Å². The monoisotopic (exact) mass is 522 g/mol. The molecule has 2 aromatic carbocycles. The number of benzene rings is 2. The van der Waals surface area contributed by atoms with Crippen molar-refractivity contribution in [1.82, 2.24) is 9.99 Å². The number of aryl methyl sites for hydroxylation is 1. The maximum atomic E-state index is 13.2. The van der Waals surface area contributed by atoms with Gasteiger partial charge in [0.05, 0.1) is 5.69 Å². The molecule has 1 fully saturated rings. The number of rotatable bonds is 4. The lowest BCUT2D eigenvalue weighted by Crippen LogP contribution is -2.54. The van der Waals surface area contributed by atoms with Crippen LogP contribution in [0.5, 0.6) is 0 Å². The highest BCUT2D eigenvalue weighted by atomic mass is 79.9. The summed E-state index contributed by atoms with van der Waals surface area (Å²) in [6.45, 7) is 3.62. The molecule has 1 aromatic heterocycles. The molecule has 0 saturated carbocycles. The second kappa shape index (κ2) is 9.13. The Bertz CT molecular complexity index is 1310. The van der Waals surface area contributed by atoms with E-state index in [1.807, 2.05) is 13.0 Å². The number of carbonyl (C=O) groups excluding carboxylic acids is 3. The van der Waals surface area contributed by atoms with Crippen LogP contribution in [0, 0.1) is 13.8 Å². The van der Waals surface area contributed by atoms with Crippen LogP contribution in [0.4, 0.5) is 5.69 Å². The Morgan fingerprint density at radius 3 is 2.39 bits per heavy atom. The molecule has 7 nitrogen and oxygen atoms in total. The minimum atomic E-state index is -0.573. The van der Waals surface area contributed by atoms with Gasteiger partial charge in [0.1, 0.15) is 5.57 Å². The second-order valence-corrected chi connectivity index (χ2v) is 8.71. The van der Waals surface area contributed by atoms with E-state index in [9.17, 15) is 14.4 Å². The maximum absolute atomic E-state index is 13.2. The third kappa shape index (κ3) is 4.50. The van der Waals surface area contributed by atoms with Crippen LogP contribution in [0.15, 0.2) is 70.7 Å². The van der Waals surface area contributed by atoms with Gasteiger partial charge in [-0.05, 0) is 80.2 Å². The smallest absolute Gasteiger partial charge is 0.270 e. The van der Waals surface area contributed by atoms with Crippen LogP contribution in [0.25, 0.3) is 6.08 Å². The lowest BCUT2D eigenvalue weighted by Gasteiger charge is -2.29. The molecule has 0 unspecified atom stereocenters. The summed E-state index contributed by atoms with van der Waals surface area (Å²) in [6, 6.07) is 17.7. The first-order valence-corrected chi connectivity index (χ1v) is 11.2. The van der Waals surface area contributed by atoms with Crippen LogP contribution >= 0.6 is 28.1 Å². The van der Waals surface area contributed by atoms with Gasteiger partial charge in [-0.3, -0.25) is 34.7 Å². The first-order chi connectivity index (χ1) is 15.8. The molecule has 166 valence electrons. The van der Waals surface area contributed by atoms with Crippen LogP contribution < -0.4 is 15.6 Å². The molecular formula is C24H19BrN4O3S. The normalized spacial score (nSPS) is 15.1. The summed E-state index contributed by atoms with van der Waals surface area (Å²) in [5.74, 6) is -1.37. The molecule has 3 aromatic rings. The number of amides is 3. The molecule has 4 rings (SSSR count). The fourth-order valence-electron chi connectivity index (χ4n) is 3.50. The molecule has 3 amide bonds. The fourth-order valence-corrected chi connectivity index (χ4v) is 4.04. The van der Waals surface area contributed by atoms with Crippen molar-refractivity contribution in [3.63, 3.8) is 0 Å². The van der Waals surface area contributed by atoms with Gasteiger partial charge >= 0.3 is 0 Å². The SMILES string of the molecule is Cc1cc(/C=C2\C(=O)NC(=S)N(c3ccc(Br)cc3)C2=O)c(C)n1NC(=O)c1ccccc1. The predicted octanol–water partition coefficient (Wildman–Crippen LogP) is 4.08. The van der Waals surface area contributed by atoms with Crippen molar-refractivity contribution in [3.05, 3.63) is 93.2 Å². The van der Waals surface area contributed by atoms with Crippen LogP contribution in [0.2, 0.25) is 0 Å². The lowest BCUT2D eigenvalue weighted by molar-refractivity contribution is -0.122. The summed E-state index contributed by atoms with van der Waals surface area (Å²) in [6.07, 6.45) is 1.51. The minimum absolute atomic E-state index is 0.0186. The van der Waals surface area contributed by atoms with Crippen molar-refractivity contribution in [3.8, 4) is 0 Å². The highest BCUT2D eigenvalue weighted by molar-refractivity contribution is 9.10. The van der Waals surface area contributed by atoms with E-state index in [0.29, 0.717) is 22.5 Å². The molecule has 1 saturated heterocycles. The standard InChI is InChI=1S/C24H19BrN4O3S/c1-14-12-17(15(2)29(14)27-21(30)16-6-4-3-5-7-16)13-20-22(31)26-24(33)28(23(20)32)19-10-8-18(25)9-11-19/h3-13H,1-2H3,(H,27,30)(H,26,31,33)/b20-13+. The molecule has 9 heteroatoms. The number of carbonyl (C=O) groups is 3. The van der Waals surface area contributed by atoms with Crippen molar-refractivity contribution in [1.29, 1.82) is 0 Å². The predicted molar refractivity (Wildman–Crippen MR) is 134 cm³/mol. The van der Waals surface area contributed by atoms with Gasteiger partial charge in [-0.25, -0.2) is 0 Å². The van der Waals surface area contributed by atoms with Crippen LogP contribution in [-0.4, -0.2) is 27.5 Å². The molecule has 0 radical (unpaired) electrons. The van der Waals surface area contributed by atoms with Gasteiger partial charge in [0.25, 0.3) is 17.7 Å². The van der Waals surface area contributed by atoms with Crippen LogP contribution in [0.1, 0.15) is 27.3 Å². The van der Waals surface area contributed by atoms with Crippen molar-refractivity contribution in [2.24, 2.45) is 0 Å². The number of nitrogens with one attached hydrogen (secondary N) is 2. The summed E-state index contributed by atoms with van der Waals surface area (Å²) >= 11 is 8.61. The highest BCUT2D eigenvalue weighted by Gasteiger charge is 2.34.